The van der Waals surface area contributed by atoms with Gasteiger partial charge in [0.05, 0.1) is 17.3 Å². The minimum absolute atomic E-state index is 0.133. The Hall–Kier alpha value is -3.22. The second kappa shape index (κ2) is 5.65. The molecule has 0 aliphatic rings. The highest BCUT2D eigenvalue weighted by atomic mass is 16.5. The zero-order chi connectivity index (χ0) is 15.5. The molecule has 0 radical (unpaired) electrons. The van der Waals surface area contributed by atoms with E-state index < -0.39 is 5.91 Å². The second-order valence-corrected chi connectivity index (χ2v) is 4.60. The number of ether oxygens (including phenoxy) is 1. The number of fused-ring (bicyclic) bond motifs is 1. The van der Waals surface area contributed by atoms with Crippen LogP contribution in [0, 0.1) is 0 Å². The van der Waals surface area contributed by atoms with Crippen LogP contribution in [0.1, 0.15) is 26.3 Å². The van der Waals surface area contributed by atoms with Crippen LogP contribution in [0.3, 0.4) is 0 Å². The fraction of sp³-hybridized carbons (Fsp3) is 0.0667. The maximum absolute atomic E-state index is 11.4. The molecule has 0 fully saturated rings. The number of nitrogens with zero attached hydrogens (tertiary/aromatic N) is 3. The first-order valence-electron chi connectivity index (χ1n) is 6.46. The van der Waals surface area contributed by atoms with E-state index in [0.29, 0.717) is 34.4 Å². The van der Waals surface area contributed by atoms with Crippen molar-refractivity contribution in [2.75, 3.05) is 0 Å². The third kappa shape index (κ3) is 2.51. The third-order valence-electron chi connectivity index (χ3n) is 3.17. The maximum atomic E-state index is 11.4. The van der Waals surface area contributed by atoms with Crippen molar-refractivity contribution in [2.45, 2.75) is 6.61 Å². The fourth-order valence-electron chi connectivity index (χ4n) is 2.11. The summed E-state index contributed by atoms with van der Waals surface area (Å²) in [4.78, 5) is 30.5. The maximum Gasteiger partial charge on any atom is 0.250 e. The quantitative estimate of drug-likeness (QED) is 0.713. The van der Waals surface area contributed by atoms with E-state index >= 15 is 0 Å². The molecule has 3 aromatic heterocycles. The number of carbonyl (C=O) groups is 2. The van der Waals surface area contributed by atoms with E-state index in [1.54, 1.807) is 35.1 Å². The van der Waals surface area contributed by atoms with Crippen LogP contribution < -0.4 is 10.5 Å². The Labute approximate surface area is 125 Å². The summed E-state index contributed by atoms with van der Waals surface area (Å²) in [6.45, 7) is 0.133. The first-order valence-corrected chi connectivity index (χ1v) is 6.46. The minimum Gasteiger partial charge on any atom is -0.486 e. The molecule has 0 aromatic carbocycles. The molecule has 0 bridgehead atoms. The molecule has 0 saturated carbocycles. The van der Waals surface area contributed by atoms with E-state index in [4.69, 9.17) is 10.5 Å². The lowest BCUT2D eigenvalue weighted by Gasteiger charge is -2.10. The largest absolute Gasteiger partial charge is 0.486 e. The number of rotatable bonds is 5. The molecule has 7 heteroatoms. The molecule has 110 valence electrons. The van der Waals surface area contributed by atoms with Crippen LogP contribution in [0.2, 0.25) is 0 Å². The Bertz CT molecular complexity index is 857. The van der Waals surface area contributed by atoms with Gasteiger partial charge in [0.1, 0.15) is 18.0 Å². The van der Waals surface area contributed by atoms with Crippen molar-refractivity contribution in [3.63, 3.8) is 0 Å². The van der Waals surface area contributed by atoms with E-state index in [0.717, 1.165) is 0 Å². The van der Waals surface area contributed by atoms with Gasteiger partial charge in [0.15, 0.2) is 6.29 Å². The van der Waals surface area contributed by atoms with Crippen molar-refractivity contribution in [1.29, 1.82) is 0 Å². The molecule has 2 N–H and O–H groups in total. The van der Waals surface area contributed by atoms with E-state index in [1.165, 1.54) is 12.4 Å². The number of aldehydes is 1. The summed E-state index contributed by atoms with van der Waals surface area (Å²) in [5, 5.41) is 0. The SMILES string of the molecule is NC(=O)c1cc(COc2cnccc2C=O)c2nccn2c1. The Morgan fingerprint density at radius 1 is 1.41 bits per heavy atom. The van der Waals surface area contributed by atoms with Crippen molar-refractivity contribution >= 4 is 17.8 Å². The highest BCUT2D eigenvalue weighted by molar-refractivity contribution is 5.93. The molecule has 0 saturated heterocycles. The van der Waals surface area contributed by atoms with Crippen LogP contribution in [0.4, 0.5) is 0 Å². The number of primary amides is 1. The average molecular weight is 296 g/mol. The van der Waals surface area contributed by atoms with Crippen molar-refractivity contribution < 1.29 is 14.3 Å². The lowest BCUT2D eigenvalue weighted by molar-refractivity contribution is 0.0999. The van der Waals surface area contributed by atoms with Crippen LogP contribution in [0.25, 0.3) is 5.65 Å². The second-order valence-electron chi connectivity index (χ2n) is 4.60. The van der Waals surface area contributed by atoms with Crippen molar-refractivity contribution in [3.05, 3.63) is 59.8 Å². The number of aromatic nitrogens is 3. The average Bonchev–Trinajstić information content (AvgIpc) is 3.01. The monoisotopic (exact) mass is 296 g/mol. The highest BCUT2D eigenvalue weighted by Crippen LogP contribution is 2.18. The fourth-order valence-corrected chi connectivity index (χ4v) is 2.11. The van der Waals surface area contributed by atoms with E-state index in [-0.39, 0.29) is 6.61 Å². The van der Waals surface area contributed by atoms with Crippen LogP contribution in [-0.4, -0.2) is 26.6 Å². The van der Waals surface area contributed by atoms with Gasteiger partial charge >= 0.3 is 0 Å². The topological polar surface area (TPSA) is 99.6 Å². The molecule has 7 nitrogen and oxygen atoms in total. The van der Waals surface area contributed by atoms with Gasteiger partial charge in [-0.2, -0.15) is 0 Å². The van der Waals surface area contributed by atoms with Gasteiger partial charge in [0.2, 0.25) is 5.91 Å². The van der Waals surface area contributed by atoms with Crippen molar-refractivity contribution in [3.8, 4) is 5.75 Å². The summed E-state index contributed by atoms with van der Waals surface area (Å²) >= 11 is 0. The molecule has 3 rings (SSSR count). The molecule has 0 spiro atoms. The molecule has 3 heterocycles. The molecular weight excluding hydrogens is 284 g/mol. The summed E-state index contributed by atoms with van der Waals surface area (Å²) in [6, 6.07) is 3.19. The van der Waals surface area contributed by atoms with Crippen LogP contribution in [0.15, 0.2) is 43.1 Å². The van der Waals surface area contributed by atoms with E-state index in [9.17, 15) is 9.59 Å². The molecule has 0 unspecified atom stereocenters. The molecule has 0 aliphatic carbocycles. The van der Waals surface area contributed by atoms with Gasteiger partial charge < -0.3 is 14.9 Å². The van der Waals surface area contributed by atoms with Crippen LogP contribution >= 0.6 is 0 Å². The lowest BCUT2D eigenvalue weighted by atomic mass is 10.2. The lowest BCUT2D eigenvalue weighted by Crippen LogP contribution is -2.13. The van der Waals surface area contributed by atoms with E-state index in [2.05, 4.69) is 9.97 Å². The Morgan fingerprint density at radius 2 is 2.27 bits per heavy atom. The van der Waals surface area contributed by atoms with Crippen molar-refractivity contribution in [2.24, 2.45) is 5.73 Å². The number of imidazole rings is 1. The van der Waals surface area contributed by atoms with Crippen molar-refractivity contribution in [1.82, 2.24) is 14.4 Å². The van der Waals surface area contributed by atoms with Gasteiger partial charge in [-0.3, -0.25) is 14.6 Å². The number of nitrogens with two attached hydrogens (primary N) is 1. The molecule has 0 atom stereocenters. The van der Waals surface area contributed by atoms with Crippen LogP contribution in [0.5, 0.6) is 5.75 Å². The molecule has 0 aliphatic heterocycles. The predicted molar refractivity (Wildman–Crippen MR) is 77.7 cm³/mol. The minimum atomic E-state index is -0.535. The van der Waals surface area contributed by atoms with Gasteiger partial charge in [-0.15, -0.1) is 0 Å². The predicted octanol–water partition coefficient (Wildman–Crippen LogP) is 1.22. The molecule has 3 aromatic rings. The van der Waals surface area contributed by atoms with Gasteiger partial charge in [0, 0.05) is 30.4 Å². The number of hydrogen-bond acceptors (Lipinski definition) is 5. The summed E-state index contributed by atoms with van der Waals surface area (Å²) in [5.74, 6) is -0.168. The standard InChI is InChI=1S/C15H12N4O3/c16-14(21)11-5-12(15-18-3-4-19(15)7-11)9-22-13-6-17-2-1-10(13)8-20/h1-8H,9H2,(H2,16,21). The summed E-state index contributed by atoms with van der Waals surface area (Å²) in [5.41, 5.74) is 7.42. The van der Waals surface area contributed by atoms with Gasteiger partial charge in [-0.05, 0) is 12.1 Å². The zero-order valence-corrected chi connectivity index (χ0v) is 11.5. The van der Waals surface area contributed by atoms with Gasteiger partial charge in [0.25, 0.3) is 0 Å². The first-order chi connectivity index (χ1) is 10.7. The number of carbonyl (C=O) groups excluding carboxylic acids is 2. The Balaban J connectivity index is 1.94. The normalized spacial score (nSPS) is 10.5. The first kappa shape index (κ1) is 13.7. The number of amides is 1. The zero-order valence-electron chi connectivity index (χ0n) is 11.5. The summed E-state index contributed by atoms with van der Waals surface area (Å²) in [7, 11) is 0. The highest BCUT2D eigenvalue weighted by Gasteiger charge is 2.11. The summed E-state index contributed by atoms with van der Waals surface area (Å²) in [6.07, 6.45) is 8.61. The number of pyridine rings is 2. The third-order valence-corrected chi connectivity index (χ3v) is 3.17. The molecule has 22 heavy (non-hydrogen) atoms. The Kier molecular flexibility index (Phi) is 3.53. The smallest absolute Gasteiger partial charge is 0.250 e. The Morgan fingerprint density at radius 3 is 3.05 bits per heavy atom. The summed E-state index contributed by atoms with van der Waals surface area (Å²) < 4.78 is 7.32. The van der Waals surface area contributed by atoms with Gasteiger partial charge in [-0.1, -0.05) is 0 Å². The van der Waals surface area contributed by atoms with Gasteiger partial charge in [-0.25, -0.2) is 4.98 Å². The molecule has 1 amide bonds. The van der Waals surface area contributed by atoms with E-state index in [1.807, 2.05) is 0 Å². The molecular formula is C15H12N4O3. The number of hydrogen-bond donors (Lipinski definition) is 1. The van der Waals surface area contributed by atoms with Crippen LogP contribution in [-0.2, 0) is 6.61 Å².